The van der Waals surface area contributed by atoms with Crippen molar-refractivity contribution in [2.45, 2.75) is 18.6 Å². The van der Waals surface area contributed by atoms with Crippen molar-refractivity contribution in [3.8, 4) is 0 Å². The third-order valence-electron chi connectivity index (χ3n) is 4.18. The Labute approximate surface area is 118 Å². The van der Waals surface area contributed by atoms with Crippen LogP contribution in [0.2, 0.25) is 0 Å². The third kappa shape index (κ3) is 1.96. The van der Waals surface area contributed by atoms with Crippen molar-refractivity contribution >= 4 is 16.6 Å². The number of benzene rings is 1. The van der Waals surface area contributed by atoms with Gasteiger partial charge < -0.3 is 14.4 Å². The van der Waals surface area contributed by atoms with Crippen LogP contribution >= 0.6 is 0 Å². The summed E-state index contributed by atoms with van der Waals surface area (Å²) in [6.45, 7) is 3.19. The molecular weight excluding hydrogens is 252 g/mol. The van der Waals surface area contributed by atoms with Gasteiger partial charge in [0.05, 0.1) is 19.8 Å². The fraction of sp³-hybridized carbons (Fsp3) is 0.438. The first-order chi connectivity index (χ1) is 9.86. The van der Waals surface area contributed by atoms with Gasteiger partial charge in [-0.25, -0.2) is 4.98 Å². The number of hydrogen-bond acceptors (Lipinski definition) is 4. The molecule has 2 saturated heterocycles. The molecule has 2 aliphatic heterocycles. The van der Waals surface area contributed by atoms with Crippen molar-refractivity contribution in [2.75, 3.05) is 31.2 Å². The maximum Gasteiger partial charge on any atom is 0.186 e. The van der Waals surface area contributed by atoms with Crippen LogP contribution in [0.4, 0.5) is 5.82 Å². The number of ether oxygens (including phenoxy) is 2. The van der Waals surface area contributed by atoms with Crippen LogP contribution in [0.3, 0.4) is 0 Å². The summed E-state index contributed by atoms with van der Waals surface area (Å²) in [6.07, 6.45) is 3.94. The van der Waals surface area contributed by atoms with Gasteiger partial charge in [-0.3, -0.25) is 0 Å². The molecule has 0 N–H and O–H groups in total. The highest BCUT2D eigenvalue weighted by Crippen LogP contribution is 2.34. The molecule has 2 aliphatic rings. The summed E-state index contributed by atoms with van der Waals surface area (Å²) < 4.78 is 11.7. The minimum Gasteiger partial charge on any atom is -0.351 e. The quantitative estimate of drug-likeness (QED) is 0.797. The van der Waals surface area contributed by atoms with Crippen LogP contribution in [0, 0.1) is 0 Å². The monoisotopic (exact) mass is 270 g/mol. The van der Waals surface area contributed by atoms with E-state index in [1.807, 2.05) is 6.20 Å². The Morgan fingerprint density at radius 2 is 1.95 bits per heavy atom. The van der Waals surface area contributed by atoms with E-state index in [-0.39, 0.29) is 0 Å². The molecule has 104 valence electrons. The van der Waals surface area contributed by atoms with E-state index in [1.54, 1.807) is 0 Å². The molecule has 0 bridgehead atoms. The number of piperidine rings is 1. The molecule has 1 aromatic heterocycles. The smallest absolute Gasteiger partial charge is 0.186 e. The first-order valence-electron chi connectivity index (χ1n) is 7.23. The van der Waals surface area contributed by atoms with Crippen molar-refractivity contribution in [1.82, 2.24) is 4.98 Å². The molecule has 4 rings (SSSR count). The van der Waals surface area contributed by atoms with Crippen LogP contribution in [0.25, 0.3) is 10.8 Å². The number of hydrogen-bond donors (Lipinski definition) is 0. The van der Waals surface area contributed by atoms with Gasteiger partial charge in [0.25, 0.3) is 0 Å². The summed E-state index contributed by atoms with van der Waals surface area (Å²) in [5.41, 5.74) is 0. The highest BCUT2D eigenvalue weighted by Gasteiger charge is 2.41. The van der Waals surface area contributed by atoms with Gasteiger partial charge in [0.15, 0.2) is 5.79 Å². The fourth-order valence-corrected chi connectivity index (χ4v) is 3.26. The van der Waals surface area contributed by atoms with E-state index < -0.39 is 5.79 Å². The minimum atomic E-state index is -0.406. The van der Waals surface area contributed by atoms with Gasteiger partial charge >= 0.3 is 0 Å². The molecule has 2 fully saturated rings. The highest BCUT2D eigenvalue weighted by atomic mass is 16.7. The summed E-state index contributed by atoms with van der Waals surface area (Å²) in [6, 6.07) is 10.4. The van der Waals surface area contributed by atoms with Crippen LogP contribution in [0.15, 0.2) is 36.5 Å². The van der Waals surface area contributed by atoms with E-state index in [1.165, 1.54) is 10.8 Å². The second-order valence-corrected chi connectivity index (χ2v) is 5.49. The van der Waals surface area contributed by atoms with E-state index in [0.717, 1.165) is 31.7 Å². The number of pyridine rings is 1. The van der Waals surface area contributed by atoms with Crippen LogP contribution in [0.1, 0.15) is 12.8 Å². The third-order valence-corrected chi connectivity index (χ3v) is 4.18. The molecule has 0 saturated carbocycles. The maximum absolute atomic E-state index is 5.85. The first kappa shape index (κ1) is 12.1. The van der Waals surface area contributed by atoms with E-state index in [4.69, 9.17) is 9.47 Å². The van der Waals surface area contributed by atoms with Crippen molar-refractivity contribution in [3.63, 3.8) is 0 Å². The second kappa shape index (κ2) is 4.72. The summed E-state index contributed by atoms with van der Waals surface area (Å²) in [4.78, 5) is 6.90. The molecule has 4 heteroatoms. The van der Waals surface area contributed by atoms with E-state index >= 15 is 0 Å². The number of anilines is 1. The zero-order valence-corrected chi connectivity index (χ0v) is 11.4. The second-order valence-electron chi connectivity index (χ2n) is 5.49. The largest absolute Gasteiger partial charge is 0.351 e. The van der Waals surface area contributed by atoms with E-state index in [0.29, 0.717) is 13.2 Å². The van der Waals surface area contributed by atoms with Crippen LogP contribution in [0.5, 0.6) is 0 Å². The van der Waals surface area contributed by atoms with Gasteiger partial charge in [0, 0.05) is 24.5 Å². The number of rotatable bonds is 1. The molecule has 0 atom stereocenters. The lowest BCUT2D eigenvalue weighted by Crippen LogP contribution is -2.49. The maximum atomic E-state index is 5.85. The van der Waals surface area contributed by atoms with Crippen molar-refractivity contribution < 1.29 is 9.47 Å². The van der Waals surface area contributed by atoms with E-state index in [2.05, 4.69) is 40.2 Å². The zero-order valence-electron chi connectivity index (χ0n) is 11.4. The molecule has 20 heavy (non-hydrogen) atoms. The lowest BCUT2D eigenvalue weighted by Gasteiger charge is -2.39. The topological polar surface area (TPSA) is 34.6 Å². The summed E-state index contributed by atoms with van der Waals surface area (Å²) >= 11 is 0. The van der Waals surface area contributed by atoms with Crippen molar-refractivity contribution in [2.24, 2.45) is 0 Å². The Morgan fingerprint density at radius 3 is 2.85 bits per heavy atom. The molecule has 0 unspecified atom stereocenters. The van der Waals surface area contributed by atoms with Crippen LogP contribution < -0.4 is 4.90 Å². The Bertz CT molecular complexity index is 617. The van der Waals surface area contributed by atoms with Gasteiger partial charge in [-0.1, -0.05) is 24.3 Å². The average molecular weight is 270 g/mol. The van der Waals surface area contributed by atoms with Gasteiger partial charge in [-0.2, -0.15) is 0 Å². The highest BCUT2D eigenvalue weighted by molar-refractivity contribution is 5.92. The van der Waals surface area contributed by atoms with Crippen molar-refractivity contribution in [1.29, 1.82) is 0 Å². The van der Waals surface area contributed by atoms with Gasteiger partial charge in [0.2, 0.25) is 0 Å². The predicted molar refractivity (Wildman–Crippen MR) is 77.8 cm³/mol. The molecular formula is C16H18N2O2. The standard InChI is InChI=1S/C16H18N2O2/c1-2-5-14-13(4-1)6-8-17-15(14)18-9-3-7-16(12-18)19-10-11-20-16/h1-2,4-6,8H,3,7,9-12H2. The normalized spacial score (nSPS) is 21.7. The average Bonchev–Trinajstić information content (AvgIpc) is 2.94. The van der Waals surface area contributed by atoms with Gasteiger partial charge in [-0.15, -0.1) is 0 Å². The summed E-state index contributed by atoms with van der Waals surface area (Å²) in [5.74, 6) is 0.637. The van der Waals surface area contributed by atoms with Crippen molar-refractivity contribution in [3.05, 3.63) is 36.5 Å². The zero-order chi connectivity index (χ0) is 13.4. The molecule has 0 aliphatic carbocycles. The Balaban J connectivity index is 1.72. The lowest BCUT2D eigenvalue weighted by atomic mass is 10.0. The predicted octanol–water partition coefficient (Wildman–Crippen LogP) is 2.58. The number of fused-ring (bicyclic) bond motifs is 1. The molecule has 3 heterocycles. The molecule has 2 aromatic rings. The Hall–Kier alpha value is -1.65. The van der Waals surface area contributed by atoms with Crippen LogP contribution in [-0.4, -0.2) is 37.1 Å². The first-order valence-corrected chi connectivity index (χ1v) is 7.23. The lowest BCUT2D eigenvalue weighted by molar-refractivity contribution is -0.161. The van der Waals surface area contributed by atoms with Gasteiger partial charge in [0.1, 0.15) is 5.82 Å². The SMILES string of the molecule is c1ccc2c(N3CCCC4(C3)OCCO4)nccc2c1. The summed E-state index contributed by atoms with van der Waals surface area (Å²) in [5, 5.41) is 2.43. The van der Waals surface area contributed by atoms with Gasteiger partial charge in [-0.05, 0) is 17.9 Å². The minimum absolute atomic E-state index is 0.406. The van der Waals surface area contributed by atoms with Crippen LogP contribution in [-0.2, 0) is 9.47 Å². The number of nitrogens with zero attached hydrogens (tertiary/aromatic N) is 2. The molecule has 4 nitrogen and oxygen atoms in total. The number of aromatic nitrogens is 1. The molecule has 1 spiro atoms. The molecule has 1 aromatic carbocycles. The fourth-order valence-electron chi connectivity index (χ4n) is 3.26. The molecule has 0 amide bonds. The summed E-state index contributed by atoms with van der Waals surface area (Å²) in [7, 11) is 0. The van der Waals surface area contributed by atoms with E-state index in [9.17, 15) is 0 Å². The Kier molecular flexibility index (Phi) is 2.86. The molecule has 0 radical (unpaired) electrons. The Morgan fingerprint density at radius 1 is 1.10 bits per heavy atom.